The molecule has 1 heterocycles. The van der Waals surface area contributed by atoms with Gasteiger partial charge < -0.3 is 9.67 Å². The summed E-state index contributed by atoms with van der Waals surface area (Å²) >= 11 is 5.90. The van der Waals surface area contributed by atoms with Crippen molar-refractivity contribution in [2.45, 2.75) is 13.0 Å². The molecule has 0 unspecified atom stereocenters. The van der Waals surface area contributed by atoms with E-state index < -0.39 is 21.2 Å². The van der Waals surface area contributed by atoms with Crippen LogP contribution in [0.1, 0.15) is 6.42 Å². The monoisotopic (exact) mass is 300 g/mol. The van der Waals surface area contributed by atoms with Gasteiger partial charge in [-0.05, 0) is 18.0 Å². The molecule has 0 radical (unpaired) electrons. The van der Waals surface area contributed by atoms with E-state index in [2.05, 4.69) is 4.98 Å². The maximum atomic E-state index is 10.9. The summed E-state index contributed by atoms with van der Waals surface area (Å²) < 4.78 is 1.46. The number of hydrogen-bond acceptors (Lipinski definition) is 6. The zero-order valence-corrected chi connectivity index (χ0v) is 10.8. The first-order valence-electron chi connectivity index (χ1n) is 5.55. The van der Waals surface area contributed by atoms with Crippen LogP contribution in [0.25, 0.3) is 11.0 Å². The summed E-state index contributed by atoms with van der Waals surface area (Å²) in [6.45, 7) is 0.228. The summed E-state index contributed by atoms with van der Waals surface area (Å²) in [4.78, 5) is 24.0. The van der Waals surface area contributed by atoms with E-state index in [4.69, 9.17) is 16.7 Å². The first kappa shape index (κ1) is 14.2. The Morgan fingerprint density at radius 3 is 2.40 bits per heavy atom. The maximum Gasteiger partial charge on any atom is 0.348 e. The van der Waals surface area contributed by atoms with Crippen molar-refractivity contribution in [3.8, 4) is 0 Å². The van der Waals surface area contributed by atoms with Gasteiger partial charge in [-0.1, -0.05) is 0 Å². The van der Waals surface area contributed by atoms with Gasteiger partial charge in [-0.25, -0.2) is 4.98 Å². The Kier molecular flexibility index (Phi) is 3.81. The second kappa shape index (κ2) is 5.39. The number of aliphatic hydroxyl groups is 1. The molecule has 0 spiro atoms. The molecule has 0 amide bonds. The molecule has 0 aliphatic heterocycles. The average Bonchev–Trinajstić information content (AvgIpc) is 2.69. The van der Waals surface area contributed by atoms with Crippen molar-refractivity contribution < 1.29 is 15.0 Å². The third kappa shape index (κ3) is 2.40. The molecule has 2 rings (SSSR count). The molecular weight excluding hydrogens is 292 g/mol. The predicted octanol–water partition coefficient (Wildman–Crippen LogP) is 1.89. The molecule has 0 fully saturated rings. The summed E-state index contributed by atoms with van der Waals surface area (Å²) in [6, 6.07) is 2.10. The van der Waals surface area contributed by atoms with Crippen LogP contribution >= 0.6 is 11.6 Å². The summed E-state index contributed by atoms with van der Waals surface area (Å²) in [7, 11) is 0. The maximum absolute atomic E-state index is 10.9. The van der Waals surface area contributed by atoms with E-state index in [-0.39, 0.29) is 17.4 Å². The molecule has 0 aliphatic carbocycles. The van der Waals surface area contributed by atoms with Crippen molar-refractivity contribution in [1.29, 1.82) is 0 Å². The first-order valence-corrected chi connectivity index (χ1v) is 5.93. The van der Waals surface area contributed by atoms with Crippen LogP contribution in [0.2, 0.25) is 5.28 Å². The lowest BCUT2D eigenvalue weighted by atomic mass is 10.2. The van der Waals surface area contributed by atoms with Crippen LogP contribution in [0.4, 0.5) is 11.4 Å². The second-order valence-electron chi connectivity index (χ2n) is 3.95. The normalized spacial score (nSPS) is 10.9. The zero-order valence-electron chi connectivity index (χ0n) is 10.0. The minimum atomic E-state index is -0.835. The van der Waals surface area contributed by atoms with E-state index in [9.17, 15) is 20.2 Å². The van der Waals surface area contributed by atoms with Crippen molar-refractivity contribution in [3.63, 3.8) is 0 Å². The summed E-state index contributed by atoms with van der Waals surface area (Å²) in [5.41, 5.74) is -0.735. The number of hydrogen-bond donors (Lipinski definition) is 1. The third-order valence-electron chi connectivity index (χ3n) is 2.73. The molecule has 9 nitrogen and oxygen atoms in total. The van der Waals surface area contributed by atoms with Crippen molar-refractivity contribution in [2.75, 3.05) is 6.61 Å². The molecule has 0 atom stereocenters. The highest BCUT2D eigenvalue weighted by Crippen LogP contribution is 2.33. The largest absolute Gasteiger partial charge is 0.396 e. The summed E-state index contributed by atoms with van der Waals surface area (Å²) in [5, 5.41) is 30.6. The summed E-state index contributed by atoms with van der Waals surface area (Å²) in [5.74, 6) is 0. The fraction of sp³-hybridized carbons (Fsp3) is 0.300. The number of benzene rings is 1. The Hall–Kier alpha value is -2.26. The minimum absolute atomic E-state index is 0.0586. The number of rotatable bonds is 5. The number of aliphatic hydroxyl groups excluding tert-OH is 1. The van der Waals surface area contributed by atoms with Gasteiger partial charge in [-0.15, -0.1) is 0 Å². The Morgan fingerprint density at radius 1 is 1.25 bits per heavy atom. The number of nitro benzene ring substituents is 2. The fourth-order valence-corrected chi connectivity index (χ4v) is 2.12. The molecule has 0 bridgehead atoms. The highest BCUT2D eigenvalue weighted by atomic mass is 35.5. The third-order valence-corrected chi connectivity index (χ3v) is 3.02. The van der Waals surface area contributed by atoms with Crippen LogP contribution in [0, 0.1) is 20.2 Å². The Bertz CT molecular complexity index is 699. The van der Waals surface area contributed by atoms with Gasteiger partial charge in [0.2, 0.25) is 5.28 Å². The molecule has 0 aliphatic rings. The van der Waals surface area contributed by atoms with Gasteiger partial charge in [0.15, 0.2) is 0 Å². The van der Waals surface area contributed by atoms with Gasteiger partial charge in [-0.2, -0.15) is 0 Å². The minimum Gasteiger partial charge on any atom is -0.396 e. The number of aromatic nitrogens is 2. The molecular formula is C10H9ClN4O5. The van der Waals surface area contributed by atoms with Gasteiger partial charge in [0.25, 0.3) is 0 Å². The lowest BCUT2D eigenvalue weighted by Crippen LogP contribution is -2.01. The highest BCUT2D eigenvalue weighted by molar-refractivity contribution is 6.29. The zero-order chi connectivity index (χ0) is 14.9. The summed E-state index contributed by atoms with van der Waals surface area (Å²) in [6.07, 6.45) is 0.385. The van der Waals surface area contributed by atoms with Crippen molar-refractivity contribution in [1.82, 2.24) is 9.55 Å². The Balaban J connectivity index is 2.68. The van der Waals surface area contributed by atoms with Gasteiger partial charge in [0.05, 0.1) is 26.9 Å². The van der Waals surface area contributed by atoms with Crippen molar-refractivity contribution >= 4 is 34.0 Å². The van der Waals surface area contributed by atoms with E-state index >= 15 is 0 Å². The van der Waals surface area contributed by atoms with Crippen molar-refractivity contribution in [3.05, 3.63) is 37.6 Å². The SMILES string of the molecule is O=[N+]([O-])c1cc2nc(Cl)n(CCCO)c2cc1[N+](=O)[O-]. The molecule has 10 heteroatoms. The fourth-order valence-electron chi connectivity index (χ4n) is 1.85. The molecule has 2 aromatic rings. The molecule has 1 aromatic heterocycles. The van der Waals surface area contributed by atoms with Gasteiger partial charge in [-0.3, -0.25) is 20.2 Å². The van der Waals surface area contributed by atoms with E-state index in [1.165, 1.54) is 4.57 Å². The number of aryl methyl sites for hydroxylation is 1. The van der Waals surface area contributed by atoms with Crippen LogP contribution < -0.4 is 0 Å². The number of fused-ring (bicyclic) bond motifs is 1. The smallest absolute Gasteiger partial charge is 0.348 e. The quantitative estimate of drug-likeness (QED) is 0.664. The molecule has 0 saturated heterocycles. The standard InChI is InChI=1S/C10H9ClN4O5/c11-10-12-6-4-8(14(17)18)9(15(19)20)5-7(6)13(10)2-1-3-16/h4-5,16H,1-3H2. The molecule has 20 heavy (non-hydrogen) atoms. The highest BCUT2D eigenvalue weighted by Gasteiger charge is 2.27. The van der Waals surface area contributed by atoms with E-state index in [1.807, 2.05) is 0 Å². The van der Waals surface area contributed by atoms with Gasteiger partial charge in [0, 0.05) is 19.2 Å². The lowest BCUT2D eigenvalue weighted by molar-refractivity contribution is -0.422. The van der Waals surface area contributed by atoms with Gasteiger partial charge >= 0.3 is 11.4 Å². The van der Waals surface area contributed by atoms with Crippen molar-refractivity contribution in [2.24, 2.45) is 0 Å². The van der Waals surface area contributed by atoms with Crippen LogP contribution in [0.15, 0.2) is 12.1 Å². The van der Waals surface area contributed by atoms with Gasteiger partial charge in [0.1, 0.15) is 0 Å². The number of nitro groups is 2. The Labute approximate surface area is 116 Å². The molecule has 1 N–H and O–H groups in total. The second-order valence-corrected chi connectivity index (χ2v) is 4.29. The van der Waals surface area contributed by atoms with Crippen LogP contribution in [0.5, 0.6) is 0 Å². The first-order chi connectivity index (χ1) is 9.45. The molecule has 0 saturated carbocycles. The Morgan fingerprint density at radius 2 is 1.85 bits per heavy atom. The van der Waals surface area contributed by atoms with Crippen LogP contribution in [-0.2, 0) is 6.54 Å². The lowest BCUT2D eigenvalue weighted by Gasteiger charge is -2.03. The van der Waals surface area contributed by atoms with Crippen LogP contribution in [-0.4, -0.2) is 31.1 Å². The van der Waals surface area contributed by atoms with Crippen LogP contribution in [0.3, 0.4) is 0 Å². The molecule has 1 aromatic carbocycles. The number of imidazole rings is 1. The number of nitrogens with zero attached hydrogens (tertiary/aromatic N) is 4. The molecule has 106 valence electrons. The van der Waals surface area contributed by atoms with E-state index in [0.717, 1.165) is 12.1 Å². The average molecular weight is 301 g/mol. The predicted molar refractivity (Wildman–Crippen MR) is 69.8 cm³/mol. The van der Waals surface area contributed by atoms with E-state index in [1.54, 1.807) is 0 Å². The number of halogens is 1. The van der Waals surface area contributed by atoms with E-state index in [0.29, 0.717) is 18.5 Å². The topological polar surface area (TPSA) is 124 Å².